The quantitative estimate of drug-likeness (QED) is 0.573. The maximum atomic E-state index is 12.2. The first kappa shape index (κ1) is 16.0. The summed E-state index contributed by atoms with van der Waals surface area (Å²) >= 11 is 5.65. The monoisotopic (exact) mass is 300 g/mol. The molecule has 1 aromatic carbocycles. The molecule has 0 saturated carbocycles. The largest absolute Gasteiger partial charge is 0.215 e. The van der Waals surface area contributed by atoms with Gasteiger partial charge in [-0.1, -0.05) is 37.3 Å². The fraction of sp³-hybridized carbons (Fsp3) is 0.462. The number of nitriles is 1. The Morgan fingerprint density at radius 2 is 2.00 bits per heavy atom. The molecular formula is C13H17ClN2O2S. The van der Waals surface area contributed by atoms with E-state index in [0.717, 1.165) is 5.56 Å². The van der Waals surface area contributed by atoms with E-state index in [-0.39, 0.29) is 30.6 Å². The summed E-state index contributed by atoms with van der Waals surface area (Å²) in [6, 6.07) is 11.1. The lowest BCUT2D eigenvalue weighted by Gasteiger charge is -2.21. The molecule has 0 N–H and O–H groups in total. The van der Waals surface area contributed by atoms with Crippen molar-refractivity contribution in [3.63, 3.8) is 0 Å². The molecule has 0 fully saturated rings. The molecule has 0 aliphatic carbocycles. The van der Waals surface area contributed by atoms with Crippen LogP contribution in [-0.2, 0) is 16.6 Å². The average molecular weight is 301 g/mol. The lowest BCUT2D eigenvalue weighted by molar-refractivity contribution is 0.436. The zero-order valence-electron chi connectivity index (χ0n) is 10.8. The fourth-order valence-corrected chi connectivity index (χ4v) is 3.51. The molecule has 19 heavy (non-hydrogen) atoms. The van der Waals surface area contributed by atoms with Crippen molar-refractivity contribution in [3.8, 4) is 6.07 Å². The van der Waals surface area contributed by atoms with Crippen LogP contribution in [0, 0.1) is 17.2 Å². The van der Waals surface area contributed by atoms with Crippen LogP contribution >= 0.6 is 11.6 Å². The molecular weight excluding hydrogens is 284 g/mol. The second kappa shape index (κ2) is 7.49. The molecule has 1 atom stereocenters. The molecule has 0 aliphatic heterocycles. The minimum atomic E-state index is -3.47. The van der Waals surface area contributed by atoms with Crippen molar-refractivity contribution in [3.05, 3.63) is 35.9 Å². The predicted octanol–water partition coefficient (Wildman–Crippen LogP) is 2.22. The summed E-state index contributed by atoms with van der Waals surface area (Å²) in [5, 5.41) is 8.79. The van der Waals surface area contributed by atoms with E-state index in [4.69, 9.17) is 16.9 Å². The third-order valence-electron chi connectivity index (χ3n) is 2.60. The van der Waals surface area contributed by atoms with Gasteiger partial charge < -0.3 is 0 Å². The summed E-state index contributed by atoms with van der Waals surface area (Å²) in [5.74, 6) is 0.110. The average Bonchev–Trinajstić information content (AvgIpc) is 2.39. The van der Waals surface area contributed by atoms with Crippen molar-refractivity contribution in [2.24, 2.45) is 5.92 Å². The highest BCUT2D eigenvalue weighted by Gasteiger charge is 2.24. The number of hydrogen-bond acceptors (Lipinski definition) is 3. The van der Waals surface area contributed by atoms with E-state index >= 15 is 0 Å². The summed E-state index contributed by atoms with van der Waals surface area (Å²) in [6.45, 7) is 1.84. The molecule has 0 saturated heterocycles. The molecule has 0 radical (unpaired) electrons. The molecule has 0 aliphatic rings. The molecule has 6 heteroatoms. The first-order valence-corrected chi connectivity index (χ1v) is 8.08. The van der Waals surface area contributed by atoms with Crippen LogP contribution < -0.4 is 0 Å². The van der Waals surface area contributed by atoms with Crippen LogP contribution in [0.2, 0.25) is 0 Å². The summed E-state index contributed by atoms with van der Waals surface area (Å²) in [4.78, 5) is 0. The summed E-state index contributed by atoms with van der Waals surface area (Å²) in [5.41, 5.74) is 0.861. The molecule has 0 spiro atoms. The van der Waals surface area contributed by atoms with Crippen LogP contribution in [0.5, 0.6) is 0 Å². The Balaban J connectivity index is 2.86. The molecule has 1 aromatic rings. The summed E-state index contributed by atoms with van der Waals surface area (Å²) < 4.78 is 25.6. The summed E-state index contributed by atoms with van der Waals surface area (Å²) in [7, 11) is -3.47. The van der Waals surface area contributed by atoms with Crippen LogP contribution in [0.4, 0.5) is 0 Å². The highest BCUT2D eigenvalue weighted by atomic mass is 35.5. The van der Waals surface area contributed by atoms with Gasteiger partial charge in [0.05, 0.1) is 11.8 Å². The Kier molecular flexibility index (Phi) is 6.29. The minimum Gasteiger partial charge on any atom is -0.212 e. The van der Waals surface area contributed by atoms with Crippen LogP contribution in [-0.4, -0.2) is 30.9 Å². The number of rotatable bonds is 7. The van der Waals surface area contributed by atoms with Gasteiger partial charge in [0.2, 0.25) is 10.0 Å². The van der Waals surface area contributed by atoms with Gasteiger partial charge in [0.25, 0.3) is 0 Å². The van der Waals surface area contributed by atoms with Gasteiger partial charge in [0.15, 0.2) is 0 Å². The smallest absolute Gasteiger partial charge is 0.212 e. The van der Waals surface area contributed by atoms with E-state index in [1.807, 2.05) is 36.4 Å². The zero-order valence-corrected chi connectivity index (χ0v) is 12.4. The standard InChI is InChI=1S/C13H17ClN2O2S/c1-12(9-14)11-19(17,18)16(8-7-15)10-13-5-3-2-4-6-13/h2-6,12H,8-11H2,1H3. The highest BCUT2D eigenvalue weighted by molar-refractivity contribution is 7.89. The molecule has 0 amide bonds. The fourth-order valence-electron chi connectivity index (χ4n) is 1.63. The van der Waals surface area contributed by atoms with Gasteiger partial charge in [-0.2, -0.15) is 9.57 Å². The van der Waals surface area contributed by atoms with E-state index in [1.54, 1.807) is 6.92 Å². The van der Waals surface area contributed by atoms with Crippen LogP contribution in [0.25, 0.3) is 0 Å². The van der Waals surface area contributed by atoms with Crippen LogP contribution in [0.3, 0.4) is 0 Å². The normalized spacial score (nSPS) is 13.2. The molecule has 0 bridgehead atoms. The Morgan fingerprint density at radius 3 is 2.53 bits per heavy atom. The van der Waals surface area contributed by atoms with Crippen molar-refractivity contribution in [2.45, 2.75) is 13.5 Å². The lowest BCUT2D eigenvalue weighted by Crippen LogP contribution is -2.35. The van der Waals surface area contributed by atoms with Gasteiger partial charge in [-0.05, 0) is 11.5 Å². The Morgan fingerprint density at radius 1 is 1.37 bits per heavy atom. The van der Waals surface area contributed by atoms with E-state index in [1.165, 1.54) is 4.31 Å². The first-order valence-electron chi connectivity index (χ1n) is 5.94. The topological polar surface area (TPSA) is 61.2 Å². The molecule has 4 nitrogen and oxygen atoms in total. The molecule has 1 unspecified atom stereocenters. The number of halogens is 1. The van der Waals surface area contributed by atoms with Gasteiger partial charge in [-0.25, -0.2) is 8.42 Å². The molecule has 0 aromatic heterocycles. The van der Waals surface area contributed by atoms with Crippen molar-refractivity contribution in [2.75, 3.05) is 18.2 Å². The SMILES string of the molecule is CC(CCl)CS(=O)(=O)N(CC#N)Cc1ccccc1. The lowest BCUT2D eigenvalue weighted by atomic mass is 10.2. The maximum absolute atomic E-state index is 12.2. The van der Waals surface area contributed by atoms with E-state index in [9.17, 15) is 8.42 Å². The van der Waals surface area contributed by atoms with Gasteiger partial charge >= 0.3 is 0 Å². The second-order valence-electron chi connectivity index (χ2n) is 4.45. The number of nitrogens with zero attached hydrogens (tertiary/aromatic N) is 2. The van der Waals surface area contributed by atoms with Gasteiger partial charge in [-0.15, -0.1) is 11.6 Å². The zero-order chi connectivity index (χ0) is 14.3. The Hall–Kier alpha value is -1.09. The van der Waals surface area contributed by atoms with Crippen molar-refractivity contribution in [1.82, 2.24) is 4.31 Å². The Bertz CT molecular complexity index is 525. The van der Waals surface area contributed by atoms with Gasteiger partial charge in [0, 0.05) is 12.4 Å². The Labute approximate surface area is 119 Å². The second-order valence-corrected chi connectivity index (χ2v) is 6.77. The van der Waals surface area contributed by atoms with E-state index in [2.05, 4.69) is 0 Å². The number of alkyl halides is 1. The number of sulfonamides is 1. The van der Waals surface area contributed by atoms with E-state index < -0.39 is 10.0 Å². The number of benzene rings is 1. The third-order valence-corrected chi connectivity index (χ3v) is 5.16. The molecule has 104 valence electrons. The van der Waals surface area contributed by atoms with Crippen LogP contribution in [0.1, 0.15) is 12.5 Å². The minimum absolute atomic E-state index is 0.0367. The maximum Gasteiger partial charge on any atom is 0.215 e. The summed E-state index contributed by atoms with van der Waals surface area (Å²) in [6.07, 6.45) is 0. The molecule has 1 rings (SSSR count). The van der Waals surface area contributed by atoms with Gasteiger partial charge in [-0.3, -0.25) is 0 Å². The predicted molar refractivity (Wildman–Crippen MR) is 76.1 cm³/mol. The molecule has 0 heterocycles. The van der Waals surface area contributed by atoms with Crippen molar-refractivity contribution < 1.29 is 8.42 Å². The van der Waals surface area contributed by atoms with E-state index in [0.29, 0.717) is 0 Å². The number of hydrogen-bond donors (Lipinski definition) is 0. The highest BCUT2D eigenvalue weighted by Crippen LogP contribution is 2.13. The van der Waals surface area contributed by atoms with Crippen molar-refractivity contribution >= 4 is 21.6 Å². The van der Waals surface area contributed by atoms with Gasteiger partial charge in [0.1, 0.15) is 6.54 Å². The first-order chi connectivity index (χ1) is 8.99. The van der Waals surface area contributed by atoms with Crippen LogP contribution in [0.15, 0.2) is 30.3 Å². The van der Waals surface area contributed by atoms with Crippen molar-refractivity contribution in [1.29, 1.82) is 5.26 Å². The third kappa shape index (κ3) is 5.19.